The molecule has 0 saturated carbocycles. The predicted octanol–water partition coefficient (Wildman–Crippen LogP) is 3.89. The lowest BCUT2D eigenvalue weighted by molar-refractivity contribution is -0.122. The fourth-order valence-electron chi connectivity index (χ4n) is 3.53. The molecule has 3 aromatic carbocycles. The molecule has 0 fully saturated rings. The summed E-state index contributed by atoms with van der Waals surface area (Å²) >= 11 is 0. The fourth-order valence-corrected chi connectivity index (χ4v) is 4.74. The molecule has 0 bridgehead atoms. The summed E-state index contributed by atoms with van der Waals surface area (Å²) in [6.07, 6.45) is 1.46. The Bertz CT molecular complexity index is 1140. The van der Waals surface area contributed by atoms with Gasteiger partial charge in [0.1, 0.15) is 18.4 Å². The van der Waals surface area contributed by atoms with Crippen LogP contribution in [0, 0.1) is 6.92 Å². The van der Waals surface area contributed by atoms with Crippen molar-refractivity contribution in [2.24, 2.45) is 0 Å². The topological polar surface area (TPSA) is 75.7 Å². The first-order chi connectivity index (χ1) is 14.8. The molecule has 31 heavy (non-hydrogen) atoms. The van der Waals surface area contributed by atoms with E-state index in [4.69, 9.17) is 4.74 Å². The minimum Gasteiger partial charge on any atom is -0.491 e. The first-order valence-electron chi connectivity index (χ1n) is 10.3. The average Bonchev–Trinajstić information content (AvgIpc) is 2.75. The van der Waals surface area contributed by atoms with Crippen LogP contribution in [0.15, 0.2) is 66.7 Å². The van der Waals surface area contributed by atoms with E-state index in [1.54, 1.807) is 19.1 Å². The summed E-state index contributed by atoms with van der Waals surface area (Å²) in [6.45, 7) is 4.27. The summed E-state index contributed by atoms with van der Waals surface area (Å²) in [5, 5.41) is 4.90. The molecule has 6 nitrogen and oxygen atoms in total. The zero-order valence-electron chi connectivity index (χ0n) is 18.0. The summed E-state index contributed by atoms with van der Waals surface area (Å²) in [7, 11) is -3.64. The molecule has 1 atom stereocenters. The van der Waals surface area contributed by atoms with Crippen LogP contribution in [0.4, 0.5) is 5.69 Å². The van der Waals surface area contributed by atoms with Gasteiger partial charge in [-0.1, -0.05) is 61.0 Å². The SMILES string of the molecule is CC[C@@H](C(=O)NCCOc1cccc2ccccc12)N(c1ccc(C)cc1)S(C)(=O)=O. The molecule has 1 amide bonds. The van der Waals surface area contributed by atoms with Crippen molar-refractivity contribution in [3.8, 4) is 5.75 Å². The molecule has 0 aliphatic carbocycles. The van der Waals surface area contributed by atoms with Crippen LogP contribution in [0.25, 0.3) is 10.8 Å². The second-order valence-electron chi connectivity index (χ2n) is 7.44. The van der Waals surface area contributed by atoms with E-state index in [0.29, 0.717) is 12.1 Å². The van der Waals surface area contributed by atoms with Crippen molar-refractivity contribution in [1.29, 1.82) is 0 Å². The second kappa shape index (κ2) is 9.83. The second-order valence-corrected chi connectivity index (χ2v) is 9.29. The third-order valence-electron chi connectivity index (χ3n) is 5.03. The molecule has 0 aliphatic heterocycles. The number of amides is 1. The van der Waals surface area contributed by atoms with Gasteiger partial charge in [-0.15, -0.1) is 0 Å². The van der Waals surface area contributed by atoms with Crippen molar-refractivity contribution in [3.63, 3.8) is 0 Å². The van der Waals surface area contributed by atoms with Crippen molar-refractivity contribution in [1.82, 2.24) is 5.32 Å². The number of nitrogens with one attached hydrogen (secondary N) is 1. The summed E-state index contributed by atoms with van der Waals surface area (Å²) in [6, 6.07) is 20.0. The van der Waals surface area contributed by atoms with Gasteiger partial charge in [-0.3, -0.25) is 9.10 Å². The van der Waals surface area contributed by atoms with Gasteiger partial charge in [-0.2, -0.15) is 0 Å². The number of benzene rings is 3. The number of hydrogen-bond acceptors (Lipinski definition) is 4. The Morgan fingerprint density at radius 1 is 1.03 bits per heavy atom. The van der Waals surface area contributed by atoms with Crippen molar-refractivity contribution in [3.05, 3.63) is 72.3 Å². The molecule has 0 unspecified atom stereocenters. The average molecular weight is 441 g/mol. The van der Waals surface area contributed by atoms with Gasteiger partial charge in [0.05, 0.1) is 18.5 Å². The first-order valence-corrected chi connectivity index (χ1v) is 12.1. The van der Waals surface area contributed by atoms with Crippen molar-refractivity contribution < 1.29 is 17.9 Å². The highest BCUT2D eigenvalue weighted by molar-refractivity contribution is 7.92. The van der Waals surface area contributed by atoms with Gasteiger partial charge in [0, 0.05) is 5.39 Å². The van der Waals surface area contributed by atoms with Crippen LogP contribution in [-0.2, 0) is 14.8 Å². The van der Waals surface area contributed by atoms with E-state index in [0.717, 1.165) is 28.3 Å². The number of fused-ring (bicyclic) bond motifs is 1. The molecule has 0 radical (unpaired) electrons. The fraction of sp³-hybridized carbons (Fsp3) is 0.292. The Kier molecular flexibility index (Phi) is 7.17. The van der Waals surface area contributed by atoms with Crippen LogP contribution < -0.4 is 14.4 Å². The lowest BCUT2D eigenvalue weighted by atomic mass is 10.1. The number of sulfonamides is 1. The van der Waals surface area contributed by atoms with Crippen LogP contribution in [0.3, 0.4) is 0 Å². The van der Waals surface area contributed by atoms with E-state index in [9.17, 15) is 13.2 Å². The van der Waals surface area contributed by atoms with Crippen LogP contribution in [0.2, 0.25) is 0 Å². The largest absolute Gasteiger partial charge is 0.491 e. The molecule has 0 heterocycles. The Morgan fingerprint density at radius 3 is 2.39 bits per heavy atom. The van der Waals surface area contributed by atoms with E-state index >= 15 is 0 Å². The number of anilines is 1. The van der Waals surface area contributed by atoms with E-state index in [-0.39, 0.29) is 19.1 Å². The molecule has 0 aliphatic rings. The maximum absolute atomic E-state index is 12.9. The summed E-state index contributed by atoms with van der Waals surface area (Å²) in [4.78, 5) is 12.9. The Morgan fingerprint density at radius 2 is 1.71 bits per heavy atom. The van der Waals surface area contributed by atoms with Crippen LogP contribution in [0.1, 0.15) is 18.9 Å². The number of aryl methyl sites for hydroxylation is 1. The van der Waals surface area contributed by atoms with Crippen molar-refractivity contribution in [2.75, 3.05) is 23.7 Å². The molecular formula is C24H28N2O4S. The summed E-state index contributed by atoms with van der Waals surface area (Å²) in [5.41, 5.74) is 1.49. The standard InChI is InChI=1S/C24H28N2O4S/c1-4-22(26(31(3,28)29)20-14-12-18(2)13-15-20)24(27)25-16-17-30-23-11-7-9-19-8-5-6-10-21(19)23/h5-15,22H,4,16-17H2,1-3H3,(H,25,27)/t22-/m0/s1. The zero-order valence-corrected chi connectivity index (χ0v) is 18.9. The maximum Gasteiger partial charge on any atom is 0.244 e. The smallest absolute Gasteiger partial charge is 0.244 e. The molecule has 0 saturated heterocycles. The predicted molar refractivity (Wildman–Crippen MR) is 125 cm³/mol. The lowest BCUT2D eigenvalue weighted by Crippen LogP contribution is -2.50. The number of hydrogen-bond donors (Lipinski definition) is 1. The van der Waals surface area contributed by atoms with Gasteiger partial charge in [-0.25, -0.2) is 8.42 Å². The lowest BCUT2D eigenvalue weighted by Gasteiger charge is -2.30. The minimum atomic E-state index is -3.64. The third kappa shape index (κ3) is 5.55. The molecule has 164 valence electrons. The molecule has 0 spiro atoms. The van der Waals surface area contributed by atoms with Crippen molar-refractivity contribution in [2.45, 2.75) is 26.3 Å². The number of rotatable bonds is 9. The number of carbonyl (C=O) groups excluding carboxylic acids is 1. The zero-order chi connectivity index (χ0) is 22.4. The minimum absolute atomic E-state index is 0.268. The van der Waals surface area contributed by atoms with Gasteiger partial charge in [0.15, 0.2) is 0 Å². The van der Waals surface area contributed by atoms with E-state index in [1.807, 2.05) is 61.5 Å². The number of carbonyl (C=O) groups is 1. The van der Waals surface area contributed by atoms with Gasteiger partial charge in [0.2, 0.25) is 15.9 Å². The Labute approximate surface area is 183 Å². The third-order valence-corrected chi connectivity index (χ3v) is 6.21. The molecule has 3 rings (SSSR count). The quantitative estimate of drug-likeness (QED) is 0.512. The van der Waals surface area contributed by atoms with Crippen LogP contribution >= 0.6 is 0 Å². The van der Waals surface area contributed by atoms with Crippen molar-refractivity contribution >= 4 is 32.4 Å². The van der Waals surface area contributed by atoms with Gasteiger partial charge in [-0.05, 0) is 36.9 Å². The Balaban J connectivity index is 1.66. The molecule has 0 aromatic heterocycles. The van der Waals surface area contributed by atoms with E-state index in [2.05, 4.69) is 5.32 Å². The molecule has 1 N–H and O–H groups in total. The molecule has 3 aromatic rings. The van der Waals surface area contributed by atoms with Crippen LogP contribution in [-0.4, -0.2) is 39.8 Å². The highest BCUT2D eigenvalue weighted by Gasteiger charge is 2.31. The van der Waals surface area contributed by atoms with Gasteiger partial charge >= 0.3 is 0 Å². The summed E-state index contributed by atoms with van der Waals surface area (Å²) < 4.78 is 32.0. The molecular weight excluding hydrogens is 412 g/mol. The maximum atomic E-state index is 12.9. The van der Waals surface area contributed by atoms with Crippen LogP contribution in [0.5, 0.6) is 5.75 Å². The van der Waals surface area contributed by atoms with E-state index in [1.165, 1.54) is 4.31 Å². The normalized spacial score (nSPS) is 12.4. The monoisotopic (exact) mass is 440 g/mol. The van der Waals surface area contributed by atoms with Gasteiger partial charge in [0.25, 0.3) is 0 Å². The van der Waals surface area contributed by atoms with Gasteiger partial charge < -0.3 is 10.1 Å². The highest BCUT2D eigenvalue weighted by Crippen LogP contribution is 2.25. The highest BCUT2D eigenvalue weighted by atomic mass is 32.2. The molecule has 7 heteroatoms. The number of ether oxygens (including phenoxy) is 1. The first kappa shape index (κ1) is 22.6. The van der Waals surface area contributed by atoms with E-state index < -0.39 is 16.1 Å². The Hall–Kier alpha value is -3.06. The number of nitrogens with zero attached hydrogens (tertiary/aromatic N) is 1. The summed E-state index contributed by atoms with van der Waals surface area (Å²) in [5.74, 6) is 0.395.